The van der Waals surface area contributed by atoms with Crippen LogP contribution in [0.1, 0.15) is 43.0 Å². The van der Waals surface area contributed by atoms with Crippen molar-refractivity contribution in [2.24, 2.45) is 5.73 Å². The van der Waals surface area contributed by atoms with E-state index in [9.17, 15) is 9.59 Å². The Bertz CT molecular complexity index is 492. The summed E-state index contributed by atoms with van der Waals surface area (Å²) in [6.45, 7) is 2.74. The lowest BCUT2D eigenvalue weighted by molar-refractivity contribution is -0.116. The lowest BCUT2D eigenvalue weighted by atomic mass is 10.1. The second kappa shape index (κ2) is 9.52. The third-order valence-corrected chi connectivity index (χ3v) is 3.52. The zero-order valence-corrected chi connectivity index (χ0v) is 13.7. The van der Waals surface area contributed by atoms with Crippen LogP contribution in [0.3, 0.4) is 0 Å². The minimum Gasteiger partial charge on any atom is -0.462 e. The summed E-state index contributed by atoms with van der Waals surface area (Å²) in [7, 11) is 0. The number of hydrogen-bond acceptors (Lipinski definition) is 4. The molecule has 0 aliphatic carbocycles. The van der Waals surface area contributed by atoms with Crippen LogP contribution in [0.5, 0.6) is 0 Å². The molecule has 0 saturated heterocycles. The van der Waals surface area contributed by atoms with Crippen molar-refractivity contribution in [1.29, 1.82) is 0 Å². The van der Waals surface area contributed by atoms with Gasteiger partial charge in [-0.05, 0) is 60.4 Å². The number of nitrogens with one attached hydrogen (secondary N) is 1. The van der Waals surface area contributed by atoms with Gasteiger partial charge in [-0.15, -0.1) is 0 Å². The Labute approximate surface area is 133 Å². The van der Waals surface area contributed by atoms with E-state index in [1.807, 2.05) is 0 Å². The summed E-state index contributed by atoms with van der Waals surface area (Å²) < 4.78 is 5.58. The van der Waals surface area contributed by atoms with Crippen molar-refractivity contribution in [2.75, 3.05) is 18.5 Å². The fourth-order valence-electron chi connectivity index (χ4n) is 1.78. The molecule has 0 aliphatic rings. The van der Waals surface area contributed by atoms with Crippen LogP contribution in [0, 0.1) is 0 Å². The molecule has 0 heterocycles. The van der Waals surface area contributed by atoms with Crippen LogP contribution >= 0.6 is 15.9 Å². The highest BCUT2D eigenvalue weighted by atomic mass is 79.9. The number of anilines is 1. The normalized spacial score (nSPS) is 10.2. The number of rotatable bonds is 8. The molecule has 0 spiro atoms. The van der Waals surface area contributed by atoms with Crippen LogP contribution in [0.4, 0.5) is 5.69 Å². The predicted molar refractivity (Wildman–Crippen MR) is 86.3 cm³/mol. The van der Waals surface area contributed by atoms with Gasteiger partial charge in [0, 0.05) is 10.9 Å². The fraction of sp³-hybridized carbons (Fsp3) is 0.467. The number of amides is 1. The Hall–Kier alpha value is -1.40. The first-order chi connectivity index (χ1) is 10.1. The average Bonchev–Trinajstić information content (AvgIpc) is 2.46. The first-order valence-corrected chi connectivity index (χ1v) is 7.84. The number of esters is 1. The number of hydrogen-bond donors (Lipinski definition) is 2. The van der Waals surface area contributed by atoms with Gasteiger partial charge in [-0.25, -0.2) is 4.79 Å². The lowest BCUT2D eigenvalue weighted by Crippen LogP contribution is -2.12. The Balaban J connectivity index is 2.56. The van der Waals surface area contributed by atoms with E-state index in [2.05, 4.69) is 21.2 Å². The molecule has 0 aromatic heterocycles. The van der Waals surface area contributed by atoms with E-state index in [0.717, 1.165) is 19.3 Å². The number of carbonyl (C=O) groups excluding carboxylic acids is 2. The summed E-state index contributed by atoms with van der Waals surface area (Å²) >= 11 is 3.35. The minimum atomic E-state index is -0.377. The Morgan fingerprint density at radius 3 is 2.67 bits per heavy atom. The van der Waals surface area contributed by atoms with Gasteiger partial charge in [0.25, 0.3) is 0 Å². The Kier molecular flexibility index (Phi) is 8.00. The number of unbranched alkanes of at least 4 members (excludes halogenated alkanes) is 2. The van der Waals surface area contributed by atoms with Crippen LogP contribution in [0.2, 0.25) is 0 Å². The summed E-state index contributed by atoms with van der Waals surface area (Å²) in [5, 5.41) is 2.82. The SMILES string of the molecule is CCOC(=O)c1ccc(NC(=O)CCCCCN)c(Br)c1. The quantitative estimate of drug-likeness (QED) is 0.553. The van der Waals surface area contributed by atoms with Crippen molar-refractivity contribution in [1.82, 2.24) is 0 Å². The van der Waals surface area contributed by atoms with Gasteiger partial charge in [-0.3, -0.25) is 4.79 Å². The summed E-state index contributed by atoms with van der Waals surface area (Å²) in [6.07, 6.45) is 3.17. The van der Waals surface area contributed by atoms with Gasteiger partial charge >= 0.3 is 5.97 Å². The lowest BCUT2D eigenvalue weighted by Gasteiger charge is -2.09. The third kappa shape index (κ3) is 6.27. The van der Waals surface area contributed by atoms with E-state index in [-0.39, 0.29) is 11.9 Å². The van der Waals surface area contributed by atoms with E-state index in [4.69, 9.17) is 10.5 Å². The molecule has 0 saturated carbocycles. The fourth-order valence-corrected chi connectivity index (χ4v) is 2.26. The molecule has 1 aromatic rings. The van der Waals surface area contributed by atoms with Crippen molar-refractivity contribution < 1.29 is 14.3 Å². The Morgan fingerprint density at radius 2 is 2.05 bits per heavy atom. The van der Waals surface area contributed by atoms with Crippen molar-refractivity contribution in [2.45, 2.75) is 32.6 Å². The first kappa shape index (κ1) is 17.7. The highest BCUT2D eigenvalue weighted by Crippen LogP contribution is 2.24. The van der Waals surface area contributed by atoms with Crippen molar-refractivity contribution >= 4 is 33.5 Å². The van der Waals surface area contributed by atoms with Crippen molar-refractivity contribution in [3.8, 4) is 0 Å². The maximum Gasteiger partial charge on any atom is 0.338 e. The number of ether oxygens (including phenoxy) is 1. The molecule has 1 aromatic carbocycles. The van der Waals surface area contributed by atoms with E-state index in [1.165, 1.54) is 0 Å². The molecule has 5 nitrogen and oxygen atoms in total. The van der Waals surface area contributed by atoms with Crippen LogP contribution in [0.25, 0.3) is 0 Å². The van der Waals surface area contributed by atoms with Gasteiger partial charge in [0.05, 0.1) is 17.9 Å². The summed E-state index contributed by atoms with van der Waals surface area (Å²) in [6, 6.07) is 4.96. The highest BCUT2D eigenvalue weighted by Gasteiger charge is 2.10. The third-order valence-electron chi connectivity index (χ3n) is 2.86. The molecule has 21 heavy (non-hydrogen) atoms. The number of benzene rings is 1. The standard InChI is InChI=1S/C15H21BrN2O3/c1-2-21-15(20)11-7-8-13(12(16)10-11)18-14(19)6-4-3-5-9-17/h7-8,10H,2-6,9,17H2,1H3,(H,18,19). The van der Waals surface area contributed by atoms with Crippen LogP contribution in [-0.4, -0.2) is 25.0 Å². The molecule has 6 heteroatoms. The monoisotopic (exact) mass is 356 g/mol. The van der Waals surface area contributed by atoms with E-state index in [0.29, 0.717) is 35.3 Å². The molecule has 0 aliphatic heterocycles. The first-order valence-electron chi connectivity index (χ1n) is 7.05. The Morgan fingerprint density at radius 1 is 1.29 bits per heavy atom. The van der Waals surface area contributed by atoms with Crippen molar-refractivity contribution in [3.63, 3.8) is 0 Å². The molecule has 116 valence electrons. The summed E-state index contributed by atoms with van der Waals surface area (Å²) in [5.41, 5.74) is 6.50. The molecule has 0 unspecified atom stereocenters. The molecule has 1 rings (SSSR count). The van der Waals surface area contributed by atoms with Crippen LogP contribution < -0.4 is 11.1 Å². The van der Waals surface area contributed by atoms with Gasteiger partial charge in [0.1, 0.15) is 0 Å². The van der Waals surface area contributed by atoms with Gasteiger partial charge in [-0.2, -0.15) is 0 Å². The van der Waals surface area contributed by atoms with E-state index in [1.54, 1.807) is 25.1 Å². The van der Waals surface area contributed by atoms with Crippen molar-refractivity contribution in [3.05, 3.63) is 28.2 Å². The molecule has 1 amide bonds. The number of carbonyl (C=O) groups is 2. The maximum atomic E-state index is 11.8. The highest BCUT2D eigenvalue weighted by molar-refractivity contribution is 9.10. The van der Waals surface area contributed by atoms with Crippen LogP contribution in [-0.2, 0) is 9.53 Å². The zero-order chi connectivity index (χ0) is 15.7. The van der Waals surface area contributed by atoms with Gasteiger partial charge < -0.3 is 15.8 Å². The summed E-state index contributed by atoms with van der Waals surface area (Å²) in [4.78, 5) is 23.4. The van der Waals surface area contributed by atoms with Gasteiger partial charge in [0.2, 0.25) is 5.91 Å². The molecule has 0 atom stereocenters. The minimum absolute atomic E-state index is 0.0448. The van der Waals surface area contributed by atoms with Gasteiger partial charge in [-0.1, -0.05) is 6.42 Å². The molecular formula is C15H21BrN2O3. The maximum absolute atomic E-state index is 11.8. The molecule has 0 fully saturated rings. The largest absolute Gasteiger partial charge is 0.462 e. The second-order valence-electron chi connectivity index (χ2n) is 4.56. The zero-order valence-electron chi connectivity index (χ0n) is 12.2. The predicted octanol–water partition coefficient (Wildman–Crippen LogP) is 3.08. The molecule has 0 radical (unpaired) electrons. The van der Waals surface area contributed by atoms with Crippen LogP contribution in [0.15, 0.2) is 22.7 Å². The summed E-state index contributed by atoms with van der Waals surface area (Å²) in [5.74, 6) is -0.422. The van der Waals surface area contributed by atoms with E-state index >= 15 is 0 Å². The number of nitrogens with two attached hydrogens (primary N) is 1. The molecule has 3 N–H and O–H groups in total. The average molecular weight is 357 g/mol. The van der Waals surface area contributed by atoms with Gasteiger partial charge in [0.15, 0.2) is 0 Å². The second-order valence-corrected chi connectivity index (χ2v) is 5.42. The topological polar surface area (TPSA) is 81.4 Å². The molecule has 0 bridgehead atoms. The smallest absolute Gasteiger partial charge is 0.338 e. The molecular weight excluding hydrogens is 336 g/mol. The number of halogens is 1. The van der Waals surface area contributed by atoms with E-state index < -0.39 is 0 Å².